The zero-order chi connectivity index (χ0) is 19.7. The Balaban J connectivity index is 0.000000263. The summed E-state index contributed by atoms with van der Waals surface area (Å²) in [5.41, 5.74) is 1.08. The van der Waals surface area contributed by atoms with Crippen LogP contribution in [-0.4, -0.2) is 50.1 Å². The van der Waals surface area contributed by atoms with Gasteiger partial charge in [-0.15, -0.1) is 0 Å². The molecule has 0 spiro atoms. The van der Waals surface area contributed by atoms with E-state index in [-0.39, 0.29) is 16.7 Å². The van der Waals surface area contributed by atoms with Crippen LogP contribution in [0.25, 0.3) is 0 Å². The molecule has 1 heterocycles. The van der Waals surface area contributed by atoms with Crippen molar-refractivity contribution in [3.8, 4) is 0 Å². The maximum atomic E-state index is 11.6. The van der Waals surface area contributed by atoms with Crippen LogP contribution in [0, 0.1) is 5.92 Å². The Labute approximate surface area is 157 Å². The smallest absolute Gasteiger partial charge is 0.294 e. The van der Waals surface area contributed by atoms with Gasteiger partial charge in [-0.3, -0.25) is 9.35 Å². The van der Waals surface area contributed by atoms with Crippen LogP contribution in [0.2, 0.25) is 0 Å². The molecular formula is C19H31NO5S. The first-order chi connectivity index (χ1) is 12.2. The first-order valence-corrected chi connectivity index (χ1v) is 10.6. The molecular weight excluding hydrogens is 354 g/mol. The third kappa shape index (κ3) is 7.05. The highest BCUT2D eigenvalue weighted by Gasteiger charge is 2.20. The number of carbonyl (C=O) groups excluding carboxylic acids is 1. The lowest BCUT2D eigenvalue weighted by molar-refractivity contribution is -0.139. The molecule has 6 nitrogen and oxygen atoms in total. The number of benzene rings is 1. The highest BCUT2D eigenvalue weighted by atomic mass is 32.2. The Morgan fingerprint density at radius 2 is 1.65 bits per heavy atom. The summed E-state index contributed by atoms with van der Waals surface area (Å²) in [6, 6.07) is 6.32. The van der Waals surface area contributed by atoms with Crippen LogP contribution in [-0.2, 0) is 19.6 Å². The summed E-state index contributed by atoms with van der Waals surface area (Å²) in [6.45, 7) is 11.1. The Morgan fingerprint density at radius 1 is 1.12 bits per heavy atom. The van der Waals surface area contributed by atoms with E-state index in [0.717, 1.165) is 31.5 Å². The summed E-state index contributed by atoms with van der Waals surface area (Å²) >= 11 is 0. The van der Waals surface area contributed by atoms with E-state index in [1.54, 1.807) is 12.1 Å². The molecule has 1 aromatic rings. The fourth-order valence-corrected chi connectivity index (χ4v) is 2.95. The topological polar surface area (TPSA) is 83.9 Å². The van der Waals surface area contributed by atoms with Gasteiger partial charge in [0.25, 0.3) is 10.1 Å². The maximum Gasteiger partial charge on any atom is 0.294 e. The van der Waals surface area contributed by atoms with Gasteiger partial charge >= 0.3 is 0 Å². The van der Waals surface area contributed by atoms with Crippen LogP contribution in [0.5, 0.6) is 0 Å². The van der Waals surface area contributed by atoms with Crippen LogP contribution < -0.4 is 0 Å². The molecule has 7 heteroatoms. The number of hydrogen-bond donors (Lipinski definition) is 1. The van der Waals surface area contributed by atoms with Crippen LogP contribution in [0.1, 0.15) is 52.0 Å². The minimum atomic E-state index is -4.05. The summed E-state index contributed by atoms with van der Waals surface area (Å²) in [4.78, 5) is 13.4. The van der Waals surface area contributed by atoms with Gasteiger partial charge in [-0.1, -0.05) is 39.8 Å². The fraction of sp³-hybridized carbons (Fsp3) is 0.632. The lowest BCUT2D eigenvalue weighted by Gasteiger charge is -2.28. The Kier molecular flexibility index (Phi) is 9.25. The standard InChI is InChI=1S/C10H14O3S.C9H17NO2/c1-3-8(2)9-4-6-10(7-5-9)14(11,12)13;1-3-8(2)9(11)10-4-6-12-7-5-10/h4-8H,3H2,1-2H3,(H,11,12,13);8H,3-7H2,1-2H3. The maximum absolute atomic E-state index is 11.6. The number of carbonyl (C=O) groups is 1. The van der Waals surface area contributed by atoms with E-state index in [4.69, 9.17) is 9.29 Å². The minimum absolute atomic E-state index is 0.0513. The van der Waals surface area contributed by atoms with Crippen molar-refractivity contribution in [2.45, 2.75) is 51.3 Å². The van der Waals surface area contributed by atoms with E-state index in [1.807, 2.05) is 18.7 Å². The Hall–Kier alpha value is -1.44. The molecule has 26 heavy (non-hydrogen) atoms. The third-order valence-electron chi connectivity index (χ3n) is 4.72. The second kappa shape index (κ2) is 10.6. The molecule has 2 rings (SSSR count). The van der Waals surface area contributed by atoms with Crippen molar-refractivity contribution in [1.82, 2.24) is 4.90 Å². The molecule has 0 aliphatic carbocycles. The van der Waals surface area contributed by atoms with Crippen molar-refractivity contribution < 1.29 is 22.5 Å². The van der Waals surface area contributed by atoms with Crippen molar-refractivity contribution in [3.63, 3.8) is 0 Å². The zero-order valence-electron chi connectivity index (χ0n) is 16.1. The first kappa shape index (κ1) is 22.6. The lowest BCUT2D eigenvalue weighted by atomic mass is 9.99. The van der Waals surface area contributed by atoms with E-state index in [1.165, 1.54) is 12.1 Å². The molecule has 1 amide bonds. The van der Waals surface area contributed by atoms with Crippen molar-refractivity contribution in [2.75, 3.05) is 26.3 Å². The van der Waals surface area contributed by atoms with Gasteiger partial charge in [0.15, 0.2) is 0 Å². The largest absolute Gasteiger partial charge is 0.378 e. The molecule has 2 unspecified atom stereocenters. The van der Waals surface area contributed by atoms with Gasteiger partial charge in [0.2, 0.25) is 5.91 Å². The van der Waals surface area contributed by atoms with Crippen LogP contribution in [0.4, 0.5) is 0 Å². The quantitative estimate of drug-likeness (QED) is 0.786. The van der Waals surface area contributed by atoms with Crippen LogP contribution in [0.15, 0.2) is 29.2 Å². The van der Waals surface area contributed by atoms with Gasteiger partial charge in [-0.25, -0.2) is 0 Å². The number of rotatable bonds is 5. The molecule has 1 aliphatic heterocycles. The molecule has 0 saturated carbocycles. The van der Waals surface area contributed by atoms with Crippen molar-refractivity contribution in [2.24, 2.45) is 5.92 Å². The van der Waals surface area contributed by atoms with Gasteiger partial charge in [0.05, 0.1) is 18.1 Å². The molecule has 1 aromatic carbocycles. The number of hydrogen-bond acceptors (Lipinski definition) is 4. The van der Waals surface area contributed by atoms with Crippen LogP contribution >= 0.6 is 0 Å². The number of nitrogens with zero attached hydrogens (tertiary/aromatic N) is 1. The van der Waals surface area contributed by atoms with Gasteiger partial charge in [-0.2, -0.15) is 8.42 Å². The van der Waals surface area contributed by atoms with Gasteiger partial charge < -0.3 is 9.64 Å². The number of morpholine rings is 1. The molecule has 1 N–H and O–H groups in total. The number of amides is 1. The summed E-state index contributed by atoms with van der Waals surface area (Å²) in [7, 11) is -4.05. The molecule has 0 radical (unpaired) electrons. The van der Waals surface area contributed by atoms with Crippen molar-refractivity contribution >= 4 is 16.0 Å². The third-order valence-corrected chi connectivity index (χ3v) is 5.58. The van der Waals surface area contributed by atoms with E-state index >= 15 is 0 Å². The molecule has 148 valence electrons. The Bertz CT molecular complexity index is 651. The molecule has 1 aliphatic rings. The summed E-state index contributed by atoms with van der Waals surface area (Å²) in [5, 5.41) is 0. The van der Waals surface area contributed by atoms with E-state index < -0.39 is 10.1 Å². The predicted octanol–water partition coefficient (Wildman–Crippen LogP) is 3.34. The molecule has 1 saturated heterocycles. The van der Waals surface area contributed by atoms with E-state index in [2.05, 4.69) is 13.8 Å². The normalized spacial score (nSPS) is 17.0. The first-order valence-electron chi connectivity index (χ1n) is 9.14. The zero-order valence-corrected chi connectivity index (χ0v) is 17.0. The molecule has 0 bridgehead atoms. The number of ether oxygens (including phenoxy) is 1. The highest BCUT2D eigenvalue weighted by molar-refractivity contribution is 7.85. The molecule has 2 atom stereocenters. The molecule has 0 aromatic heterocycles. The fourth-order valence-electron chi connectivity index (χ4n) is 2.47. The monoisotopic (exact) mass is 385 g/mol. The van der Waals surface area contributed by atoms with Gasteiger partial charge in [0.1, 0.15) is 0 Å². The van der Waals surface area contributed by atoms with Crippen molar-refractivity contribution in [1.29, 1.82) is 0 Å². The SMILES string of the molecule is CCC(C)C(=O)N1CCOCC1.CCC(C)c1ccc(S(=O)(=O)O)cc1. The minimum Gasteiger partial charge on any atom is -0.378 e. The second-order valence-electron chi connectivity index (χ2n) is 6.60. The Morgan fingerprint density at radius 3 is 2.08 bits per heavy atom. The summed E-state index contributed by atoms with van der Waals surface area (Å²) in [6.07, 6.45) is 1.93. The lowest BCUT2D eigenvalue weighted by Crippen LogP contribution is -2.43. The highest BCUT2D eigenvalue weighted by Crippen LogP contribution is 2.20. The van der Waals surface area contributed by atoms with Crippen LogP contribution in [0.3, 0.4) is 0 Å². The average Bonchev–Trinajstić information content (AvgIpc) is 2.66. The molecule has 1 fully saturated rings. The van der Waals surface area contributed by atoms with E-state index in [0.29, 0.717) is 19.1 Å². The average molecular weight is 386 g/mol. The second-order valence-corrected chi connectivity index (χ2v) is 8.02. The van der Waals surface area contributed by atoms with Gasteiger partial charge in [-0.05, 0) is 36.5 Å². The van der Waals surface area contributed by atoms with Crippen molar-refractivity contribution in [3.05, 3.63) is 29.8 Å². The predicted molar refractivity (Wildman–Crippen MR) is 102 cm³/mol. The summed E-state index contributed by atoms with van der Waals surface area (Å²) < 4.78 is 35.4. The van der Waals surface area contributed by atoms with E-state index in [9.17, 15) is 13.2 Å². The summed E-state index contributed by atoms with van der Waals surface area (Å²) in [5.74, 6) is 0.856. The van der Waals surface area contributed by atoms with Gasteiger partial charge in [0, 0.05) is 19.0 Å².